The predicted octanol–water partition coefficient (Wildman–Crippen LogP) is 4.90. The predicted molar refractivity (Wildman–Crippen MR) is 242 cm³/mol. The smallest absolute Gasteiger partial charge is 0.408 e. The number of aliphatic hydroxyl groups is 4. The van der Waals surface area contributed by atoms with Crippen LogP contribution >= 0.6 is 0 Å². The van der Waals surface area contributed by atoms with E-state index >= 15 is 4.79 Å². The fourth-order valence-electron chi connectivity index (χ4n) is 11.3. The van der Waals surface area contributed by atoms with E-state index in [4.69, 9.17) is 23.7 Å². The van der Waals surface area contributed by atoms with E-state index in [0.717, 1.165) is 32.5 Å². The van der Waals surface area contributed by atoms with E-state index in [1.165, 1.54) is 32.4 Å². The van der Waals surface area contributed by atoms with Gasteiger partial charge in [-0.25, -0.2) is 14.4 Å². The number of hydrogen-bond donors (Lipinski definition) is 5. The van der Waals surface area contributed by atoms with Crippen molar-refractivity contribution in [1.29, 1.82) is 0 Å². The van der Waals surface area contributed by atoms with Crippen LogP contribution in [0.25, 0.3) is 0 Å². The average molecular weight is 933 g/mol. The molecular weight excluding hydrogens is 865 g/mol. The second-order valence-corrected chi connectivity index (χ2v) is 20.8. The molecule has 11 atom stereocenters. The molecule has 2 aliphatic heterocycles. The van der Waals surface area contributed by atoms with Crippen molar-refractivity contribution in [3.63, 3.8) is 0 Å². The molecule has 2 heterocycles. The molecule has 2 aromatic rings. The highest BCUT2D eigenvalue weighted by Crippen LogP contribution is 2.63. The maximum absolute atomic E-state index is 15.0. The summed E-state index contributed by atoms with van der Waals surface area (Å²) in [6, 6.07) is 14.9. The Kier molecular flexibility index (Phi) is 14.5. The maximum atomic E-state index is 15.0. The van der Waals surface area contributed by atoms with Crippen LogP contribution in [0.2, 0.25) is 0 Å². The second-order valence-electron chi connectivity index (χ2n) is 20.8. The van der Waals surface area contributed by atoms with E-state index in [0.29, 0.717) is 18.4 Å². The Morgan fingerprint density at radius 2 is 1.55 bits per heavy atom. The molecule has 2 saturated carbocycles. The largest absolute Gasteiger partial charge is 0.455 e. The Balaban J connectivity index is 1.29. The Hall–Kier alpha value is -4.71. The van der Waals surface area contributed by atoms with Gasteiger partial charge in [-0.15, -0.1) is 0 Å². The lowest BCUT2D eigenvalue weighted by atomic mass is 9.44. The first-order chi connectivity index (χ1) is 31.5. The number of nitrogens with zero attached hydrogens (tertiary/aromatic N) is 1. The molecule has 67 heavy (non-hydrogen) atoms. The summed E-state index contributed by atoms with van der Waals surface area (Å²) in [6.45, 7) is 13.5. The van der Waals surface area contributed by atoms with Crippen molar-refractivity contribution in [2.24, 2.45) is 16.7 Å². The summed E-state index contributed by atoms with van der Waals surface area (Å²) in [6.07, 6.45) is -6.70. The highest BCUT2D eigenvalue weighted by molar-refractivity contribution is 5.94. The SMILES string of the molecule is CC1=C2[C@@H](O)C(=O)[C@@]3(C)C([C@H](OC(=O)c4ccccc4)[C@](O)(C[C@@H]1OC(=O)[C@H](OC(=O)CCCCN1CCCCC1)[C@@H](NC(=O)OC(C)(C)C)c1ccccc1)C2(C)C)[C@]1(O)CO[C@@H]1C[C@@H]3O. The minimum atomic E-state index is -2.36. The standard InChI is InChI=1S/C51H68N2O14/c1-30-33(64-45(59)40(65-36(55)23-15-18-26-53-24-16-10-17-25-53)38(31-19-11-8-12-20-31)52-46(60)67-47(2,3)4)28-51(62)43(66-44(58)32-21-13-9-14-22-32)41-49(7,34(54)27-35-50(41,61)29-63-35)42(57)39(56)37(30)48(51,5)6/h8-9,11-14,19-22,33-35,38-41,43,54,56,61-62H,10,15-18,23-29H2,1-7H3,(H,52,60)/t33-,34-,35+,38-,39+,40+,41?,43-,49+,50-,51+/m0/s1. The number of carbonyl (C=O) groups is 5. The molecule has 2 saturated heterocycles. The lowest BCUT2D eigenvalue weighted by Gasteiger charge is -2.66. The van der Waals surface area contributed by atoms with Crippen LogP contribution in [0.1, 0.15) is 122 Å². The first-order valence-electron chi connectivity index (χ1n) is 23.6. The van der Waals surface area contributed by atoms with E-state index in [2.05, 4.69) is 10.2 Å². The average Bonchev–Trinajstić information content (AvgIpc) is 3.28. The van der Waals surface area contributed by atoms with Crippen LogP contribution in [-0.2, 0) is 38.1 Å². The number of Topliss-reactive ketones (excluding diaryl/α,β-unsaturated/α-hetero) is 1. The second kappa shape index (κ2) is 19.4. The summed E-state index contributed by atoms with van der Waals surface area (Å²) < 4.78 is 30.0. The zero-order valence-corrected chi connectivity index (χ0v) is 39.7. The van der Waals surface area contributed by atoms with Crippen molar-refractivity contribution in [1.82, 2.24) is 10.2 Å². The van der Waals surface area contributed by atoms with Gasteiger partial charge in [0, 0.05) is 30.6 Å². The number of unbranched alkanes of at least 4 members (excludes halogenated alkanes) is 1. The first-order valence-corrected chi connectivity index (χ1v) is 23.6. The van der Waals surface area contributed by atoms with Crippen molar-refractivity contribution >= 4 is 29.8 Å². The molecule has 2 aromatic carbocycles. The van der Waals surface area contributed by atoms with E-state index in [9.17, 15) is 39.6 Å². The van der Waals surface area contributed by atoms with Crippen LogP contribution in [-0.4, -0.2) is 135 Å². The molecule has 16 heteroatoms. The van der Waals surface area contributed by atoms with E-state index in [-0.39, 0.29) is 36.2 Å². The van der Waals surface area contributed by atoms with Crippen molar-refractivity contribution < 1.29 is 68.1 Å². The lowest BCUT2D eigenvalue weighted by Crippen LogP contribution is -2.81. The van der Waals surface area contributed by atoms with Crippen molar-refractivity contribution in [2.75, 3.05) is 26.2 Å². The number of carbonyl (C=O) groups excluding carboxylic acids is 5. The number of amides is 1. The van der Waals surface area contributed by atoms with E-state index in [1.807, 2.05) is 0 Å². The summed E-state index contributed by atoms with van der Waals surface area (Å²) >= 11 is 0. The van der Waals surface area contributed by atoms with Gasteiger partial charge in [-0.2, -0.15) is 0 Å². The zero-order chi connectivity index (χ0) is 48.7. The maximum Gasteiger partial charge on any atom is 0.408 e. The third-order valence-corrected chi connectivity index (χ3v) is 15.1. The van der Waals surface area contributed by atoms with Gasteiger partial charge in [0.2, 0.25) is 6.10 Å². The normalized spacial score (nSPS) is 32.4. The number of rotatable bonds is 13. The molecule has 3 aliphatic carbocycles. The quantitative estimate of drug-likeness (QED) is 0.0780. The number of esters is 3. The Morgan fingerprint density at radius 1 is 0.910 bits per heavy atom. The summed E-state index contributed by atoms with van der Waals surface area (Å²) in [4.78, 5) is 73.8. The number of nitrogens with one attached hydrogen (secondary N) is 1. The van der Waals surface area contributed by atoms with Gasteiger partial charge in [0.25, 0.3) is 0 Å². The number of aliphatic hydroxyl groups excluding tert-OH is 2. The number of hydrogen-bond acceptors (Lipinski definition) is 15. The highest BCUT2D eigenvalue weighted by atomic mass is 16.6. The van der Waals surface area contributed by atoms with Crippen LogP contribution in [0.5, 0.6) is 0 Å². The number of likely N-dealkylation sites (tertiary alicyclic amines) is 1. The summed E-state index contributed by atoms with van der Waals surface area (Å²) in [7, 11) is 0. The lowest BCUT2D eigenvalue weighted by molar-refractivity contribution is -0.343. The van der Waals surface area contributed by atoms with Crippen LogP contribution in [0.3, 0.4) is 0 Å². The van der Waals surface area contributed by atoms with Gasteiger partial charge in [-0.1, -0.05) is 68.8 Å². The van der Waals surface area contributed by atoms with Gasteiger partial charge in [-0.3, -0.25) is 9.59 Å². The number of ether oxygens (including phenoxy) is 5. The third kappa shape index (κ3) is 9.67. The molecule has 0 aromatic heterocycles. The molecule has 5 aliphatic rings. The van der Waals surface area contributed by atoms with Gasteiger partial charge in [0.15, 0.2) is 5.78 Å². The molecule has 2 bridgehead atoms. The Bertz CT molecular complexity index is 2190. The van der Waals surface area contributed by atoms with Crippen molar-refractivity contribution in [3.05, 3.63) is 82.9 Å². The number of fused-ring (bicyclic) bond motifs is 5. The topological polar surface area (TPSA) is 228 Å². The minimum Gasteiger partial charge on any atom is -0.455 e. The molecule has 5 N–H and O–H groups in total. The summed E-state index contributed by atoms with van der Waals surface area (Å²) in [5.74, 6) is -5.24. The Morgan fingerprint density at radius 3 is 2.16 bits per heavy atom. The van der Waals surface area contributed by atoms with Gasteiger partial charge in [-0.05, 0) is 109 Å². The molecule has 16 nitrogen and oxygen atoms in total. The van der Waals surface area contributed by atoms with Crippen molar-refractivity contribution in [3.8, 4) is 0 Å². The molecule has 4 fully saturated rings. The number of ketones is 1. The molecule has 1 unspecified atom stereocenters. The van der Waals surface area contributed by atoms with E-state index < -0.39 is 112 Å². The van der Waals surface area contributed by atoms with Crippen LogP contribution in [0, 0.1) is 16.7 Å². The first kappa shape index (κ1) is 50.2. The fraction of sp³-hybridized carbons (Fsp3) is 0.627. The number of piperidine rings is 1. The highest BCUT2D eigenvalue weighted by Gasteiger charge is 2.76. The zero-order valence-electron chi connectivity index (χ0n) is 39.7. The third-order valence-electron chi connectivity index (χ3n) is 15.1. The van der Waals surface area contributed by atoms with Gasteiger partial charge >= 0.3 is 24.0 Å². The molecule has 0 spiro atoms. The molecule has 0 radical (unpaired) electrons. The Labute approximate surface area is 392 Å². The minimum absolute atomic E-state index is 0.0472. The van der Waals surface area contributed by atoms with Crippen molar-refractivity contribution in [2.45, 2.75) is 159 Å². The van der Waals surface area contributed by atoms with Crippen LogP contribution in [0.4, 0.5) is 4.79 Å². The van der Waals surface area contributed by atoms with Gasteiger partial charge in [0.1, 0.15) is 41.2 Å². The summed E-state index contributed by atoms with van der Waals surface area (Å²) in [5, 5.41) is 52.9. The molecule has 1 amide bonds. The summed E-state index contributed by atoms with van der Waals surface area (Å²) in [5.41, 5.74) is -8.29. The molecule has 366 valence electrons. The van der Waals surface area contributed by atoms with Crippen LogP contribution in [0.15, 0.2) is 71.8 Å². The van der Waals surface area contributed by atoms with Crippen LogP contribution < -0.4 is 5.32 Å². The van der Waals surface area contributed by atoms with Gasteiger partial charge < -0.3 is 54.3 Å². The molecular formula is C51H68N2O14. The fourth-order valence-corrected chi connectivity index (χ4v) is 11.3. The number of benzene rings is 2. The molecule has 7 rings (SSSR count). The number of alkyl carbamates (subject to hydrolysis) is 1. The van der Waals surface area contributed by atoms with Gasteiger partial charge in [0.05, 0.1) is 29.8 Å². The monoisotopic (exact) mass is 932 g/mol. The van der Waals surface area contributed by atoms with E-state index in [1.54, 1.807) is 83.1 Å².